The molecule has 0 amide bonds. The number of nitrogens with zero attached hydrogens (tertiary/aromatic N) is 4. The van der Waals surface area contributed by atoms with Crippen molar-refractivity contribution < 1.29 is 19.1 Å². The molecular weight excluding hydrogens is 398 g/mol. The largest absolute Gasteiger partial charge is 0.454 e. The minimum atomic E-state index is -0.904. The first kappa shape index (κ1) is 17.5. The van der Waals surface area contributed by atoms with Gasteiger partial charge in [-0.15, -0.1) is 10.2 Å². The van der Waals surface area contributed by atoms with Gasteiger partial charge in [-0.05, 0) is 18.4 Å². The van der Waals surface area contributed by atoms with Crippen LogP contribution in [-0.4, -0.2) is 33.2 Å². The van der Waals surface area contributed by atoms with Crippen molar-refractivity contribution in [2.24, 2.45) is 0 Å². The molecule has 1 aromatic heterocycles. The molecule has 1 N–H and O–H groups in total. The highest BCUT2D eigenvalue weighted by Crippen LogP contribution is 2.44. The fourth-order valence-corrected chi connectivity index (χ4v) is 3.49. The molecule has 29 heavy (non-hydrogen) atoms. The van der Waals surface area contributed by atoms with E-state index in [9.17, 15) is 10.1 Å². The molecule has 0 saturated heterocycles. The first-order chi connectivity index (χ1) is 14.1. The number of ether oxygens (including phenoxy) is 3. The van der Waals surface area contributed by atoms with Crippen LogP contribution < -0.4 is 19.5 Å². The molecule has 0 saturated carbocycles. The summed E-state index contributed by atoms with van der Waals surface area (Å²) in [4.78, 5) is 15.7. The number of thioether (sulfide) groups is 1. The van der Waals surface area contributed by atoms with E-state index in [0.717, 1.165) is 5.56 Å². The fourth-order valence-electron chi connectivity index (χ4n) is 3.19. The highest BCUT2D eigenvalue weighted by atomic mass is 32.2. The molecule has 3 aromatic rings. The van der Waals surface area contributed by atoms with Crippen molar-refractivity contribution in [2.45, 2.75) is 11.4 Å². The second kappa shape index (κ2) is 6.78. The Morgan fingerprint density at radius 1 is 1.21 bits per heavy atom. The third-order valence-electron chi connectivity index (χ3n) is 4.52. The van der Waals surface area contributed by atoms with E-state index < -0.39 is 11.2 Å². The highest BCUT2D eigenvalue weighted by molar-refractivity contribution is 7.98. The van der Waals surface area contributed by atoms with Crippen LogP contribution in [0, 0.1) is 10.1 Å². The third kappa shape index (κ3) is 2.95. The summed E-state index contributed by atoms with van der Waals surface area (Å²) in [6.07, 6.45) is 0.922. The van der Waals surface area contributed by atoms with E-state index in [4.69, 9.17) is 14.2 Å². The van der Waals surface area contributed by atoms with E-state index >= 15 is 0 Å². The zero-order valence-electron chi connectivity index (χ0n) is 15.0. The van der Waals surface area contributed by atoms with E-state index in [-0.39, 0.29) is 23.9 Å². The maximum absolute atomic E-state index is 11.7. The lowest BCUT2D eigenvalue weighted by atomic mass is 10.1. The number of anilines is 1. The smallest absolute Gasteiger partial charge is 0.282 e. The van der Waals surface area contributed by atoms with Crippen LogP contribution in [0.15, 0.2) is 41.6 Å². The van der Waals surface area contributed by atoms with Crippen LogP contribution in [0.25, 0.3) is 11.3 Å². The zero-order valence-corrected chi connectivity index (χ0v) is 15.8. The van der Waals surface area contributed by atoms with Gasteiger partial charge >= 0.3 is 0 Å². The molecule has 146 valence electrons. The number of hydrogen-bond donors (Lipinski definition) is 1. The first-order valence-electron chi connectivity index (χ1n) is 8.53. The Hall–Kier alpha value is -3.60. The Morgan fingerprint density at radius 2 is 2.00 bits per heavy atom. The number of nitrogens with one attached hydrogen (secondary N) is 1. The van der Waals surface area contributed by atoms with Crippen molar-refractivity contribution in [3.63, 3.8) is 0 Å². The number of nitro benzene ring substituents is 1. The normalized spacial score (nSPS) is 16.1. The SMILES string of the molecule is CSc1nnc2c(n1)O[C@@H](c1cc3c(cc1[N+](=O)[O-])OCO3)Nc1ccccc1-2. The van der Waals surface area contributed by atoms with Gasteiger partial charge in [0.05, 0.1) is 16.6 Å². The van der Waals surface area contributed by atoms with Gasteiger partial charge < -0.3 is 19.5 Å². The molecular formula is C18H13N5O5S. The van der Waals surface area contributed by atoms with E-state index in [0.29, 0.717) is 28.0 Å². The van der Waals surface area contributed by atoms with Gasteiger partial charge in [-0.1, -0.05) is 30.0 Å². The molecule has 3 heterocycles. The van der Waals surface area contributed by atoms with Crippen LogP contribution >= 0.6 is 11.8 Å². The van der Waals surface area contributed by atoms with Crippen molar-refractivity contribution in [1.82, 2.24) is 15.2 Å². The maximum atomic E-state index is 11.7. The molecule has 5 rings (SSSR count). The highest BCUT2D eigenvalue weighted by Gasteiger charge is 2.33. The zero-order chi connectivity index (χ0) is 20.0. The van der Waals surface area contributed by atoms with Crippen LogP contribution in [-0.2, 0) is 0 Å². The number of nitro groups is 1. The van der Waals surface area contributed by atoms with Gasteiger partial charge in [-0.25, -0.2) is 0 Å². The summed E-state index contributed by atoms with van der Waals surface area (Å²) in [6, 6.07) is 10.3. The Labute approximate surface area is 168 Å². The minimum Gasteiger partial charge on any atom is -0.454 e. The van der Waals surface area contributed by atoms with Gasteiger partial charge in [-0.3, -0.25) is 10.1 Å². The van der Waals surface area contributed by atoms with E-state index in [1.54, 1.807) is 6.07 Å². The summed E-state index contributed by atoms with van der Waals surface area (Å²) in [5.74, 6) is 0.974. The molecule has 1 atom stereocenters. The Balaban J connectivity index is 1.69. The predicted molar refractivity (Wildman–Crippen MR) is 103 cm³/mol. The average molecular weight is 411 g/mol. The topological polar surface area (TPSA) is 122 Å². The van der Waals surface area contributed by atoms with Gasteiger partial charge in [0.1, 0.15) is 0 Å². The summed E-state index contributed by atoms with van der Waals surface area (Å²) in [5, 5.41) is 23.7. The number of hydrogen-bond acceptors (Lipinski definition) is 10. The van der Waals surface area contributed by atoms with Crippen LogP contribution in [0.3, 0.4) is 0 Å². The molecule has 0 fully saturated rings. The molecule has 2 aromatic carbocycles. The molecule has 2 aliphatic heterocycles. The van der Waals surface area contributed by atoms with Gasteiger partial charge in [0.25, 0.3) is 5.69 Å². The summed E-state index contributed by atoms with van der Waals surface area (Å²) in [6.45, 7) is 0.00872. The molecule has 0 radical (unpaired) electrons. The molecule has 10 nitrogen and oxygen atoms in total. The third-order valence-corrected chi connectivity index (χ3v) is 5.06. The number of fused-ring (bicyclic) bond motifs is 4. The maximum Gasteiger partial charge on any atom is 0.282 e. The lowest BCUT2D eigenvalue weighted by Gasteiger charge is -2.19. The molecule has 0 bridgehead atoms. The van der Waals surface area contributed by atoms with Crippen LogP contribution in [0.1, 0.15) is 11.8 Å². The van der Waals surface area contributed by atoms with E-state index in [1.165, 1.54) is 17.8 Å². The first-order valence-corrected chi connectivity index (χ1v) is 9.76. The molecule has 0 spiro atoms. The van der Waals surface area contributed by atoms with Crippen molar-refractivity contribution in [3.8, 4) is 28.6 Å². The van der Waals surface area contributed by atoms with Gasteiger partial charge in [0.2, 0.25) is 24.1 Å². The second-order valence-corrected chi connectivity index (χ2v) is 6.93. The summed E-state index contributed by atoms with van der Waals surface area (Å²) in [7, 11) is 0. The monoisotopic (exact) mass is 411 g/mol. The van der Waals surface area contributed by atoms with E-state index in [2.05, 4.69) is 20.5 Å². The summed E-state index contributed by atoms with van der Waals surface area (Å²) < 4.78 is 16.8. The van der Waals surface area contributed by atoms with Gasteiger partial charge in [-0.2, -0.15) is 4.98 Å². The molecule has 0 aliphatic carbocycles. The average Bonchev–Trinajstić information content (AvgIpc) is 3.13. The molecule has 0 unspecified atom stereocenters. The summed E-state index contributed by atoms with van der Waals surface area (Å²) >= 11 is 1.32. The van der Waals surface area contributed by atoms with Crippen molar-refractivity contribution in [1.29, 1.82) is 0 Å². The number of benzene rings is 2. The van der Waals surface area contributed by atoms with Crippen molar-refractivity contribution in [2.75, 3.05) is 18.4 Å². The lowest BCUT2D eigenvalue weighted by Crippen LogP contribution is -2.18. The van der Waals surface area contributed by atoms with Gasteiger partial charge in [0, 0.05) is 11.3 Å². The number of aromatic nitrogens is 3. The molecule has 11 heteroatoms. The van der Waals surface area contributed by atoms with Gasteiger partial charge in [0.15, 0.2) is 17.2 Å². The Morgan fingerprint density at radius 3 is 2.79 bits per heavy atom. The molecule has 2 aliphatic rings. The van der Waals surface area contributed by atoms with Crippen LogP contribution in [0.5, 0.6) is 17.4 Å². The fraction of sp³-hybridized carbons (Fsp3) is 0.167. The van der Waals surface area contributed by atoms with Crippen LogP contribution in [0.2, 0.25) is 0 Å². The minimum absolute atomic E-state index is 0.00872. The van der Waals surface area contributed by atoms with Crippen LogP contribution in [0.4, 0.5) is 11.4 Å². The van der Waals surface area contributed by atoms with Crippen molar-refractivity contribution >= 4 is 23.1 Å². The standard InChI is InChI=1S/C18H13N5O5S/c1-29-18-20-17-15(21-22-18)9-4-2-3-5-11(9)19-16(28-17)10-6-13-14(27-8-26-13)7-12(10)23(24)25/h2-7,16,19H,8H2,1H3/t16-/m0/s1. The number of rotatable bonds is 3. The summed E-state index contributed by atoms with van der Waals surface area (Å²) in [5.41, 5.74) is 2.01. The number of para-hydroxylation sites is 1. The second-order valence-electron chi connectivity index (χ2n) is 6.16. The van der Waals surface area contributed by atoms with E-state index in [1.807, 2.05) is 30.5 Å². The Kier molecular flexibility index (Phi) is 4.09. The predicted octanol–water partition coefficient (Wildman–Crippen LogP) is 3.40. The lowest BCUT2D eigenvalue weighted by molar-refractivity contribution is -0.386. The quantitative estimate of drug-likeness (QED) is 0.390. The van der Waals surface area contributed by atoms with Crippen molar-refractivity contribution in [3.05, 3.63) is 52.1 Å². The Bertz CT molecular complexity index is 1140.